The zero-order valence-electron chi connectivity index (χ0n) is 14.3. The molecule has 0 spiro atoms. The molecule has 29 heavy (non-hydrogen) atoms. The summed E-state index contributed by atoms with van der Waals surface area (Å²) in [5, 5.41) is 9.52. The van der Waals surface area contributed by atoms with Crippen LogP contribution in [0.15, 0.2) is 62.9 Å². The van der Waals surface area contributed by atoms with Gasteiger partial charge in [-0.2, -0.15) is 9.64 Å². The van der Waals surface area contributed by atoms with Crippen molar-refractivity contribution in [2.75, 3.05) is 4.72 Å². The molecule has 0 bridgehead atoms. The van der Waals surface area contributed by atoms with Crippen LogP contribution in [0, 0.1) is 17.1 Å². The highest BCUT2D eigenvalue weighted by molar-refractivity contribution is 7.93. The number of rotatable bonds is 5. The van der Waals surface area contributed by atoms with Gasteiger partial charge >= 0.3 is 5.76 Å². The molecule has 12 heteroatoms. The summed E-state index contributed by atoms with van der Waals surface area (Å²) < 4.78 is 51.5. The standard InChI is InChI=1S/C17H10FN5O4S2/c18-11-6-12-14(7-15(11)29(25,26)22-16-20-9-21-28-16)27-17(24)23(12)13(8-19)10-4-2-1-3-5-10/h1-7,9,13H,(H,20,21,22). The lowest BCUT2D eigenvalue weighted by Gasteiger charge is -2.11. The number of aromatic nitrogens is 3. The maximum Gasteiger partial charge on any atom is 0.421 e. The van der Waals surface area contributed by atoms with Crippen molar-refractivity contribution in [3.05, 3.63) is 70.7 Å². The smallest absolute Gasteiger partial charge is 0.408 e. The lowest BCUT2D eigenvalue weighted by atomic mass is 10.1. The molecule has 0 aliphatic rings. The molecule has 0 saturated heterocycles. The van der Waals surface area contributed by atoms with Crippen LogP contribution in [-0.2, 0) is 10.0 Å². The number of nitrogens with zero attached hydrogens (tertiary/aromatic N) is 4. The largest absolute Gasteiger partial charge is 0.421 e. The lowest BCUT2D eigenvalue weighted by Crippen LogP contribution is -2.20. The Kier molecular flexibility index (Phi) is 4.61. The van der Waals surface area contributed by atoms with Crippen molar-refractivity contribution >= 4 is 37.8 Å². The minimum absolute atomic E-state index is 0.0437. The topological polar surface area (TPSA) is 131 Å². The molecule has 9 nitrogen and oxygen atoms in total. The fourth-order valence-electron chi connectivity index (χ4n) is 2.79. The molecule has 0 aliphatic heterocycles. The van der Waals surface area contributed by atoms with Crippen molar-refractivity contribution in [3.8, 4) is 6.07 Å². The van der Waals surface area contributed by atoms with Crippen LogP contribution in [0.4, 0.5) is 9.52 Å². The van der Waals surface area contributed by atoms with Gasteiger partial charge in [-0.25, -0.2) is 22.6 Å². The minimum atomic E-state index is -4.34. The molecule has 0 radical (unpaired) electrons. The van der Waals surface area contributed by atoms with Gasteiger partial charge in [0.05, 0.1) is 11.6 Å². The first-order valence-corrected chi connectivity index (χ1v) is 10.2. The molecule has 4 rings (SSSR count). The Bertz CT molecular complexity index is 1390. The Morgan fingerprint density at radius 1 is 1.28 bits per heavy atom. The lowest BCUT2D eigenvalue weighted by molar-refractivity contribution is 0.504. The molecular formula is C17H10FN5O4S2. The summed E-state index contributed by atoms with van der Waals surface area (Å²) in [6.07, 6.45) is 1.15. The summed E-state index contributed by atoms with van der Waals surface area (Å²) in [6, 6.07) is 11.1. The van der Waals surface area contributed by atoms with Crippen LogP contribution >= 0.6 is 11.5 Å². The summed E-state index contributed by atoms with van der Waals surface area (Å²) in [4.78, 5) is 15.3. The summed E-state index contributed by atoms with van der Waals surface area (Å²) >= 11 is 0.778. The number of sulfonamides is 1. The van der Waals surface area contributed by atoms with E-state index in [1.165, 1.54) is 0 Å². The second-order valence-electron chi connectivity index (χ2n) is 5.78. The quantitative estimate of drug-likeness (QED) is 0.514. The molecule has 1 unspecified atom stereocenters. The maximum absolute atomic E-state index is 14.7. The zero-order valence-corrected chi connectivity index (χ0v) is 15.9. The predicted molar refractivity (Wildman–Crippen MR) is 101 cm³/mol. The van der Waals surface area contributed by atoms with E-state index in [2.05, 4.69) is 14.1 Å². The van der Waals surface area contributed by atoms with Crippen LogP contribution in [-0.4, -0.2) is 22.3 Å². The van der Waals surface area contributed by atoms with Crippen LogP contribution in [0.5, 0.6) is 0 Å². The molecule has 1 atom stereocenters. The highest BCUT2D eigenvalue weighted by atomic mass is 32.2. The SMILES string of the molecule is N#CC(c1ccccc1)n1c(=O)oc2cc(S(=O)(=O)Nc3ncns3)c(F)cc21. The Hall–Kier alpha value is -3.56. The third-order valence-electron chi connectivity index (χ3n) is 4.04. The van der Waals surface area contributed by atoms with Gasteiger partial charge in [-0.05, 0) is 5.56 Å². The predicted octanol–water partition coefficient (Wildman–Crippen LogP) is 2.50. The van der Waals surface area contributed by atoms with Crippen molar-refractivity contribution in [2.24, 2.45) is 0 Å². The van der Waals surface area contributed by atoms with Gasteiger partial charge in [-0.3, -0.25) is 9.29 Å². The van der Waals surface area contributed by atoms with E-state index in [0.717, 1.165) is 34.6 Å². The van der Waals surface area contributed by atoms with Crippen LogP contribution in [0.2, 0.25) is 0 Å². The molecule has 0 amide bonds. The van der Waals surface area contributed by atoms with Gasteiger partial charge < -0.3 is 4.42 Å². The number of oxazole rings is 1. The van der Waals surface area contributed by atoms with E-state index < -0.39 is 32.5 Å². The molecule has 1 N–H and O–H groups in total. The maximum atomic E-state index is 14.7. The van der Waals surface area contributed by atoms with Gasteiger partial charge in [0.2, 0.25) is 5.13 Å². The minimum Gasteiger partial charge on any atom is -0.408 e. The van der Waals surface area contributed by atoms with Gasteiger partial charge in [0.1, 0.15) is 17.0 Å². The number of halogens is 1. The highest BCUT2D eigenvalue weighted by Crippen LogP contribution is 2.27. The van der Waals surface area contributed by atoms with Crippen molar-refractivity contribution in [1.82, 2.24) is 13.9 Å². The first-order valence-electron chi connectivity index (χ1n) is 7.99. The van der Waals surface area contributed by atoms with Crippen LogP contribution in [0.25, 0.3) is 11.1 Å². The van der Waals surface area contributed by atoms with Crippen molar-refractivity contribution in [3.63, 3.8) is 0 Å². The molecular weight excluding hydrogens is 421 g/mol. The number of benzene rings is 2. The van der Waals surface area contributed by atoms with Crippen LogP contribution in [0.3, 0.4) is 0 Å². The summed E-state index contributed by atoms with van der Waals surface area (Å²) in [7, 11) is -4.34. The van der Waals surface area contributed by atoms with Gasteiger partial charge in [-0.15, -0.1) is 0 Å². The second kappa shape index (κ2) is 7.12. The molecule has 2 aromatic carbocycles. The fraction of sp³-hybridized carbons (Fsp3) is 0.0588. The van der Waals surface area contributed by atoms with Crippen LogP contribution < -0.4 is 10.5 Å². The number of hydrogen-bond acceptors (Lipinski definition) is 8. The molecule has 4 aromatic rings. The first-order chi connectivity index (χ1) is 13.9. The molecule has 2 aromatic heterocycles. The van der Waals surface area contributed by atoms with E-state index in [1.54, 1.807) is 30.3 Å². The average molecular weight is 431 g/mol. The summed E-state index contributed by atoms with van der Waals surface area (Å²) in [5.41, 5.74) is 0.276. The Morgan fingerprint density at radius 3 is 2.69 bits per heavy atom. The van der Waals surface area contributed by atoms with E-state index in [1.807, 2.05) is 6.07 Å². The number of anilines is 1. The van der Waals surface area contributed by atoms with E-state index in [4.69, 9.17) is 4.42 Å². The normalized spacial score (nSPS) is 12.6. The third-order valence-corrected chi connectivity index (χ3v) is 6.10. The average Bonchev–Trinajstić information content (AvgIpc) is 3.30. The van der Waals surface area contributed by atoms with Crippen molar-refractivity contribution in [1.29, 1.82) is 5.26 Å². The molecule has 2 heterocycles. The summed E-state index contributed by atoms with van der Waals surface area (Å²) in [5.74, 6) is -2.03. The van der Waals surface area contributed by atoms with Gasteiger partial charge in [0.15, 0.2) is 11.6 Å². The Morgan fingerprint density at radius 2 is 2.03 bits per heavy atom. The third kappa shape index (κ3) is 3.37. The molecule has 146 valence electrons. The zero-order chi connectivity index (χ0) is 20.6. The van der Waals surface area contributed by atoms with Crippen molar-refractivity contribution in [2.45, 2.75) is 10.9 Å². The molecule has 0 saturated carbocycles. The monoisotopic (exact) mass is 431 g/mol. The van der Waals surface area contributed by atoms with Crippen LogP contribution in [0.1, 0.15) is 11.6 Å². The fourth-order valence-corrected chi connectivity index (χ4v) is 4.53. The highest BCUT2D eigenvalue weighted by Gasteiger charge is 2.26. The number of nitriles is 1. The Labute approximate surface area is 166 Å². The first kappa shape index (κ1) is 18.8. The van der Waals surface area contributed by atoms with E-state index >= 15 is 0 Å². The summed E-state index contributed by atoms with van der Waals surface area (Å²) in [6.45, 7) is 0. The second-order valence-corrected chi connectivity index (χ2v) is 8.21. The number of nitrogens with one attached hydrogen (secondary N) is 1. The number of hydrogen-bond donors (Lipinski definition) is 1. The van der Waals surface area contributed by atoms with E-state index in [0.29, 0.717) is 5.56 Å². The van der Waals surface area contributed by atoms with Crippen molar-refractivity contribution < 1.29 is 17.2 Å². The molecule has 0 aliphatic carbocycles. The van der Waals surface area contributed by atoms with E-state index in [-0.39, 0.29) is 16.2 Å². The van der Waals surface area contributed by atoms with Gasteiger partial charge in [-0.1, -0.05) is 30.3 Å². The van der Waals surface area contributed by atoms with E-state index in [9.17, 15) is 22.9 Å². The van der Waals surface area contributed by atoms with Gasteiger partial charge in [0.25, 0.3) is 10.0 Å². The molecule has 0 fully saturated rings. The Balaban J connectivity index is 1.85. The number of fused-ring (bicyclic) bond motifs is 1. The van der Waals surface area contributed by atoms with Gasteiger partial charge in [0, 0.05) is 23.7 Å².